The third kappa shape index (κ3) is 3.77. The Morgan fingerprint density at radius 3 is 2.65 bits per heavy atom. The van der Waals surface area contributed by atoms with Gasteiger partial charge in [0.25, 0.3) is 0 Å². The van der Waals surface area contributed by atoms with Crippen molar-refractivity contribution in [3.05, 3.63) is 89.2 Å². The zero-order chi connectivity index (χ0) is 21.4. The number of aromatic nitrogens is 2. The lowest BCUT2D eigenvalue weighted by molar-refractivity contribution is -0.117. The van der Waals surface area contributed by atoms with Crippen molar-refractivity contribution in [3.63, 3.8) is 0 Å². The van der Waals surface area contributed by atoms with Crippen LogP contribution in [-0.2, 0) is 11.3 Å². The van der Waals surface area contributed by atoms with Gasteiger partial charge in [0, 0.05) is 36.1 Å². The van der Waals surface area contributed by atoms with E-state index in [2.05, 4.69) is 16.7 Å². The highest BCUT2D eigenvalue weighted by Gasteiger charge is 2.34. The summed E-state index contributed by atoms with van der Waals surface area (Å²) in [5.41, 5.74) is 3.99. The number of rotatable bonds is 5. The Morgan fingerprint density at radius 2 is 1.87 bits per heavy atom. The Bertz CT molecular complexity index is 1250. The van der Waals surface area contributed by atoms with Crippen LogP contribution < -0.4 is 9.64 Å². The molecule has 0 spiro atoms. The van der Waals surface area contributed by atoms with E-state index in [-0.39, 0.29) is 11.8 Å². The molecule has 1 aliphatic heterocycles. The van der Waals surface area contributed by atoms with Crippen LogP contribution in [0.5, 0.6) is 5.75 Å². The first-order chi connectivity index (χ1) is 15.1. The van der Waals surface area contributed by atoms with Gasteiger partial charge in [-0.15, -0.1) is 0 Å². The molecule has 3 aromatic carbocycles. The van der Waals surface area contributed by atoms with E-state index in [1.165, 1.54) is 0 Å². The number of carbonyl (C=O) groups excluding carboxylic acids is 1. The molecule has 0 N–H and O–H groups in total. The number of hydrogen-bond donors (Lipinski definition) is 0. The Kier molecular flexibility index (Phi) is 5.12. The van der Waals surface area contributed by atoms with Gasteiger partial charge in [0.15, 0.2) is 0 Å². The summed E-state index contributed by atoms with van der Waals surface area (Å²) in [7, 11) is 1.64. The highest BCUT2D eigenvalue weighted by Crippen LogP contribution is 2.34. The van der Waals surface area contributed by atoms with E-state index in [4.69, 9.17) is 21.3 Å². The molecule has 0 aliphatic carbocycles. The quantitative estimate of drug-likeness (QED) is 0.432. The van der Waals surface area contributed by atoms with E-state index < -0.39 is 0 Å². The van der Waals surface area contributed by atoms with Crippen LogP contribution in [0.4, 0.5) is 5.69 Å². The molecule has 6 heteroatoms. The number of imidazole rings is 1. The van der Waals surface area contributed by atoms with Crippen LogP contribution in [0, 0.1) is 0 Å². The van der Waals surface area contributed by atoms with Gasteiger partial charge in [0.05, 0.1) is 18.1 Å². The minimum Gasteiger partial charge on any atom is -0.497 e. The van der Waals surface area contributed by atoms with Gasteiger partial charge in [-0.05, 0) is 54.1 Å². The molecule has 1 amide bonds. The number of hydrogen-bond acceptors (Lipinski definition) is 3. The summed E-state index contributed by atoms with van der Waals surface area (Å²) in [5, 5.41) is 0.713. The largest absolute Gasteiger partial charge is 0.497 e. The summed E-state index contributed by atoms with van der Waals surface area (Å²) in [4.78, 5) is 19.7. The first-order valence-corrected chi connectivity index (χ1v) is 10.6. The smallest absolute Gasteiger partial charge is 0.227 e. The molecule has 2 heterocycles. The molecule has 1 aromatic heterocycles. The Morgan fingerprint density at radius 1 is 1.06 bits per heavy atom. The molecule has 1 saturated heterocycles. The zero-order valence-corrected chi connectivity index (χ0v) is 17.9. The molecule has 1 unspecified atom stereocenters. The minimum absolute atomic E-state index is 0.0150. The summed E-state index contributed by atoms with van der Waals surface area (Å²) in [6.45, 7) is 1.26. The topological polar surface area (TPSA) is 47.4 Å². The van der Waals surface area contributed by atoms with Crippen molar-refractivity contribution in [2.75, 3.05) is 18.6 Å². The fourth-order valence-corrected chi connectivity index (χ4v) is 4.49. The monoisotopic (exact) mass is 431 g/mol. The van der Waals surface area contributed by atoms with Crippen LogP contribution in [0.2, 0.25) is 5.02 Å². The third-order valence-corrected chi connectivity index (χ3v) is 6.02. The predicted octanol–water partition coefficient (Wildman–Crippen LogP) is 5.27. The van der Waals surface area contributed by atoms with Crippen LogP contribution >= 0.6 is 11.6 Å². The van der Waals surface area contributed by atoms with Crippen LogP contribution in [0.1, 0.15) is 23.7 Å². The predicted molar refractivity (Wildman–Crippen MR) is 123 cm³/mol. The average molecular weight is 432 g/mol. The number of ether oxygens (including phenoxy) is 1. The second-order valence-corrected chi connectivity index (χ2v) is 8.21. The Hall–Kier alpha value is -3.31. The molecule has 0 radical (unpaired) electrons. The second-order valence-electron chi connectivity index (χ2n) is 7.78. The van der Waals surface area contributed by atoms with Crippen molar-refractivity contribution in [1.82, 2.24) is 9.55 Å². The number of halogens is 1. The van der Waals surface area contributed by atoms with Gasteiger partial charge < -0.3 is 14.2 Å². The van der Waals surface area contributed by atoms with Crippen molar-refractivity contribution in [2.45, 2.75) is 18.9 Å². The summed E-state index contributed by atoms with van der Waals surface area (Å²) >= 11 is 6.21. The number of nitrogens with zero attached hydrogens (tertiary/aromatic N) is 3. The molecule has 31 heavy (non-hydrogen) atoms. The minimum atomic E-state index is 0.0150. The number of para-hydroxylation sites is 2. The van der Waals surface area contributed by atoms with E-state index in [1.807, 2.05) is 65.6 Å². The van der Waals surface area contributed by atoms with Gasteiger partial charge in [0.2, 0.25) is 5.91 Å². The summed E-state index contributed by atoms with van der Waals surface area (Å²) in [5.74, 6) is 1.83. The van der Waals surface area contributed by atoms with Crippen molar-refractivity contribution in [2.24, 2.45) is 0 Å². The maximum atomic E-state index is 12.9. The highest BCUT2D eigenvalue weighted by atomic mass is 35.5. The standard InChI is InChI=1S/C25H22ClN3O2/c1-31-21-11-9-20(10-12-21)28-16-18(14-24(28)30)25-27-22-7-2-3-8-23(22)29(25)15-17-5-4-6-19(26)13-17/h2-13,18H,14-16H2,1H3. The number of anilines is 1. The SMILES string of the molecule is COc1ccc(N2CC(c3nc4ccccc4n3Cc3cccc(Cl)c3)CC2=O)cc1. The molecule has 4 aromatic rings. The van der Waals surface area contributed by atoms with Gasteiger partial charge in [-0.25, -0.2) is 4.98 Å². The first kappa shape index (κ1) is 19.6. The fourth-order valence-electron chi connectivity index (χ4n) is 4.28. The van der Waals surface area contributed by atoms with E-state index >= 15 is 0 Å². The van der Waals surface area contributed by atoms with Gasteiger partial charge in [-0.2, -0.15) is 0 Å². The number of fused-ring (bicyclic) bond motifs is 1. The molecular weight excluding hydrogens is 410 g/mol. The number of amides is 1. The summed E-state index contributed by atoms with van der Waals surface area (Å²) < 4.78 is 7.46. The van der Waals surface area contributed by atoms with Gasteiger partial charge in [0.1, 0.15) is 11.6 Å². The van der Waals surface area contributed by atoms with Gasteiger partial charge >= 0.3 is 0 Å². The average Bonchev–Trinajstić information content (AvgIpc) is 3.35. The number of carbonyl (C=O) groups is 1. The zero-order valence-electron chi connectivity index (χ0n) is 17.2. The molecule has 0 bridgehead atoms. The van der Waals surface area contributed by atoms with Gasteiger partial charge in [-0.3, -0.25) is 4.79 Å². The molecule has 5 rings (SSSR count). The lowest BCUT2D eigenvalue weighted by Crippen LogP contribution is -2.24. The van der Waals surface area contributed by atoms with E-state index in [0.717, 1.165) is 33.9 Å². The number of benzene rings is 3. The lowest BCUT2D eigenvalue weighted by atomic mass is 10.1. The van der Waals surface area contributed by atoms with Crippen molar-refractivity contribution in [1.29, 1.82) is 0 Å². The van der Waals surface area contributed by atoms with Crippen LogP contribution in [0.3, 0.4) is 0 Å². The van der Waals surface area contributed by atoms with Gasteiger partial charge in [-0.1, -0.05) is 35.9 Å². The van der Waals surface area contributed by atoms with Crippen molar-refractivity contribution >= 4 is 34.2 Å². The molecule has 5 nitrogen and oxygen atoms in total. The maximum Gasteiger partial charge on any atom is 0.227 e. The van der Waals surface area contributed by atoms with E-state index in [9.17, 15) is 4.79 Å². The molecule has 1 atom stereocenters. The van der Waals surface area contributed by atoms with Crippen LogP contribution in [0.15, 0.2) is 72.8 Å². The molecule has 1 fully saturated rings. The Balaban J connectivity index is 1.50. The summed E-state index contributed by atoms with van der Waals surface area (Å²) in [6, 6.07) is 23.6. The summed E-state index contributed by atoms with van der Waals surface area (Å²) in [6.07, 6.45) is 0.435. The molecular formula is C25H22ClN3O2. The normalized spacial score (nSPS) is 16.3. The Labute approximate surface area is 185 Å². The molecule has 0 saturated carbocycles. The number of methoxy groups -OCH3 is 1. The lowest BCUT2D eigenvalue weighted by Gasteiger charge is -2.18. The molecule has 1 aliphatic rings. The van der Waals surface area contributed by atoms with Crippen LogP contribution in [-0.4, -0.2) is 29.1 Å². The van der Waals surface area contributed by atoms with Crippen molar-refractivity contribution < 1.29 is 9.53 Å². The van der Waals surface area contributed by atoms with Crippen LogP contribution in [0.25, 0.3) is 11.0 Å². The first-order valence-electron chi connectivity index (χ1n) is 10.3. The second kappa shape index (κ2) is 8.08. The maximum absolute atomic E-state index is 12.9. The van der Waals surface area contributed by atoms with E-state index in [0.29, 0.717) is 24.5 Å². The van der Waals surface area contributed by atoms with Crippen molar-refractivity contribution in [3.8, 4) is 5.75 Å². The molecule has 156 valence electrons. The fraction of sp³-hybridized carbons (Fsp3) is 0.200. The third-order valence-electron chi connectivity index (χ3n) is 5.79. The highest BCUT2D eigenvalue weighted by molar-refractivity contribution is 6.30. The van der Waals surface area contributed by atoms with E-state index in [1.54, 1.807) is 7.11 Å².